The van der Waals surface area contributed by atoms with Gasteiger partial charge in [-0.15, -0.1) is 0 Å². The van der Waals surface area contributed by atoms with Gasteiger partial charge in [0.1, 0.15) is 11.4 Å². The normalized spacial score (nSPS) is 14.8. The van der Waals surface area contributed by atoms with Gasteiger partial charge in [0.25, 0.3) is 0 Å². The molecule has 30 heavy (non-hydrogen) atoms. The van der Waals surface area contributed by atoms with Crippen LogP contribution in [0.15, 0.2) is 78.9 Å². The Morgan fingerprint density at radius 3 is 2.07 bits per heavy atom. The van der Waals surface area contributed by atoms with Crippen molar-refractivity contribution in [1.82, 2.24) is 9.97 Å². The van der Waals surface area contributed by atoms with Crippen molar-refractivity contribution in [2.24, 2.45) is 0 Å². The van der Waals surface area contributed by atoms with Gasteiger partial charge < -0.3 is 9.64 Å². The monoisotopic (exact) mass is 395 g/mol. The van der Waals surface area contributed by atoms with Gasteiger partial charge >= 0.3 is 0 Å². The van der Waals surface area contributed by atoms with E-state index in [-0.39, 0.29) is 0 Å². The van der Waals surface area contributed by atoms with E-state index < -0.39 is 0 Å². The lowest BCUT2D eigenvalue weighted by atomic mass is 9.89. The molecule has 0 bridgehead atoms. The van der Waals surface area contributed by atoms with Gasteiger partial charge in [-0.25, -0.2) is 9.97 Å². The number of hydrogen-bond acceptors (Lipinski definition) is 4. The van der Waals surface area contributed by atoms with Gasteiger partial charge in [-0.3, -0.25) is 0 Å². The summed E-state index contributed by atoms with van der Waals surface area (Å²) in [6, 6.07) is 27.0. The van der Waals surface area contributed by atoms with E-state index in [1.807, 2.05) is 30.3 Å². The lowest BCUT2D eigenvalue weighted by molar-refractivity contribution is 0.414. The van der Waals surface area contributed by atoms with Gasteiger partial charge in [0.05, 0.1) is 18.1 Å². The lowest BCUT2D eigenvalue weighted by Gasteiger charge is -2.34. The van der Waals surface area contributed by atoms with Crippen molar-refractivity contribution < 1.29 is 4.74 Å². The molecule has 1 aliphatic heterocycles. The smallest absolute Gasteiger partial charge is 0.155 e. The second-order valence-electron chi connectivity index (χ2n) is 7.79. The van der Waals surface area contributed by atoms with E-state index in [0.29, 0.717) is 5.92 Å². The highest BCUT2D eigenvalue weighted by Gasteiger charge is 2.24. The highest BCUT2D eigenvalue weighted by atomic mass is 16.5. The largest absolute Gasteiger partial charge is 0.497 e. The number of hydrogen-bond donors (Lipinski definition) is 0. The minimum atomic E-state index is 0.570. The molecule has 1 fully saturated rings. The number of ether oxygens (including phenoxy) is 1. The molecule has 150 valence electrons. The maximum Gasteiger partial charge on any atom is 0.155 e. The number of anilines is 1. The van der Waals surface area contributed by atoms with E-state index in [0.717, 1.165) is 59.8 Å². The van der Waals surface area contributed by atoms with Crippen molar-refractivity contribution >= 4 is 16.9 Å². The fourth-order valence-electron chi connectivity index (χ4n) is 4.30. The zero-order valence-corrected chi connectivity index (χ0v) is 17.2. The van der Waals surface area contributed by atoms with Crippen molar-refractivity contribution in [2.45, 2.75) is 18.8 Å². The van der Waals surface area contributed by atoms with Crippen LogP contribution in [0.3, 0.4) is 0 Å². The van der Waals surface area contributed by atoms with Gasteiger partial charge in [0, 0.05) is 18.7 Å². The quantitative estimate of drug-likeness (QED) is 0.445. The first kappa shape index (κ1) is 18.6. The topological polar surface area (TPSA) is 38.2 Å². The van der Waals surface area contributed by atoms with Crippen molar-refractivity contribution in [2.75, 3.05) is 25.1 Å². The first-order valence-electron chi connectivity index (χ1n) is 10.5. The number of rotatable bonds is 4. The van der Waals surface area contributed by atoms with Crippen LogP contribution >= 0.6 is 0 Å². The molecule has 0 radical (unpaired) electrons. The van der Waals surface area contributed by atoms with Crippen LogP contribution in [0, 0.1) is 0 Å². The summed E-state index contributed by atoms with van der Waals surface area (Å²) in [6.07, 6.45) is 2.21. The number of nitrogens with zero attached hydrogens (tertiary/aromatic N) is 3. The molecule has 4 heteroatoms. The second kappa shape index (κ2) is 8.15. The van der Waals surface area contributed by atoms with Crippen molar-refractivity contribution in [1.29, 1.82) is 0 Å². The molecular weight excluding hydrogens is 370 g/mol. The van der Waals surface area contributed by atoms with E-state index in [9.17, 15) is 0 Å². The number of fused-ring (bicyclic) bond motifs is 1. The predicted octanol–water partition coefficient (Wildman–Crippen LogP) is 5.69. The van der Waals surface area contributed by atoms with Crippen LogP contribution in [0.1, 0.15) is 24.3 Å². The van der Waals surface area contributed by atoms with Crippen LogP contribution in [-0.4, -0.2) is 30.2 Å². The summed E-state index contributed by atoms with van der Waals surface area (Å²) in [5.74, 6) is 2.48. The van der Waals surface area contributed by atoms with E-state index in [2.05, 4.69) is 53.4 Å². The number of para-hydroxylation sites is 2. The molecule has 1 saturated heterocycles. The maximum atomic E-state index is 5.30. The molecule has 4 nitrogen and oxygen atoms in total. The molecule has 1 aliphatic rings. The van der Waals surface area contributed by atoms with Gasteiger partial charge in [-0.2, -0.15) is 0 Å². The third kappa shape index (κ3) is 3.61. The highest BCUT2D eigenvalue weighted by Crippen LogP contribution is 2.35. The number of piperidine rings is 1. The molecule has 2 heterocycles. The van der Waals surface area contributed by atoms with Crippen molar-refractivity contribution in [3.63, 3.8) is 0 Å². The molecule has 0 aliphatic carbocycles. The van der Waals surface area contributed by atoms with Crippen molar-refractivity contribution in [3.8, 4) is 17.0 Å². The molecular formula is C26H25N3O. The Morgan fingerprint density at radius 2 is 1.40 bits per heavy atom. The highest BCUT2D eigenvalue weighted by molar-refractivity contribution is 5.83. The maximum absolute atomic E-state index is 5.30. The third-order valence-electron chi connectivity index (χ3n) is 5.98. The summed E-state index contributed by atoms with van der Waals surface area (Å²) >= 11 is 0. The summed E-state index contributed by atoms with van der Waals surface area (Å²) in [5, 5.41) is 0. The molecule has 4 aromatic rings. The Hall–Kier alpha value is -3.40. The average Bonchev–Trinajstić information content (AvgIpc) is 2.84. The SMILES string of the molecule is COc1ccc(C2CCN(c3nc4ccccc4nc3-c3ccccc3)CC2)cc1. The number of aromatic nitrogens is 2. The molecule has 5 rings (SSSR count). The van der Waals surface area contributed by atoms with Gasteiger partial charge in [-0.1, -0.05) is 54.6 Å². The van der Waals surface area contributed by atoms with Gasteiger partial charge in [0.2, 0.25) is 0 Å². The van der Waals surface area contributed by atoms with E-state index in [1.54, 1.807) is 7.11 Å². The standard InChI is InChI=1S/C26H25N3O/c1-30-22-13-11-19(12-14-22)20-15-17-29(18-16-20)26-25(21-7-3-2-4-8-21)27-23-9-5-6-10-24(23)28-26/h2-14,20H,15-18H2,1H3. The minimum absolute atomic E-state index is 0.570. The zero-order chi connectivity index (χ0) is 20.3. The summed E-state index contributed by atoms with van der Waals surface area (Å²) in [4.78, 5) is 12.4. The van der Waals surface area contributed by atoms with E-state index in [4.69, 9.17) is 14.7 Å². The molecule has 3 aromatic carbocycles. The van der Waals surface area contributed by atoms with E-state index >= 15 is 0 Å². The third-order valence-corrected chi connectivity index (χ3v) is 5.98. The van der Waals surface area contributed by atoms with Crippen LogP contribution in [0.4, 0.5) is 5.82 Å². The molecule has 0 saturated carbocycles. The Bertz CT molecular complexity index is 1130. The van der Waals surface area contributed by atoms with Crippen LogP contribution in [0.5, 0.6) is 5.75 Å². The fraction of sp³-hybridized carbons (Fsp3) is 0.231. The summed E-state index contributed by atoms with van der Waals surface area (Å²) in [7, 11) is 1.71. The van der Waals surface area contributed by atoms with Crippen LogP contribution in [0.25, 0.3) is 22.3 Å². The molecule has 0 unspecified atom stereocenters. The lowest BCUT2D eigenvalue weighted by Crippen LogP contribution is -2.34. The Labute approximate surface area is 177 Å². The summed E-state index contributed by atoms with van der Waals surface area (Å²) in [6.45, 7) is 1.95. The zero-order valence-electron chi connectivity index (χ0n) is 17.2. The molecule has 1 aromatic heterocycles. The fourth-order valence-corrected chi connectivity index (χ4v) is 4.30. The Kier molecular flexibility index (Phi) is 5.06. The Morgan fingerprint density at radius 1 is 0.767 bits per heavy atom. The first-order chi connectivity index (χ1) is 14.8. The van der Waals surface area contributed by atoms with Gasteiger partial charge in [0.15, 0.2) is 5.82 Å². The Balaban J connectivity index is 1.44. The van der Waals surface area contributed by atoms with Crippen molar-refractivity contribution in [3.05, 3.63) is 84.4 Å². The average molecular weight is 396 g/mol. The van der Waals surface area contributed by atoms with Crippen LogP contribution < -0.4 is 9.64 Å². The molecule has 0 atom stereocenters. The van der Waals surface area contributed by atoms with Crippen LogP contribution in [-0.2, 0) is 0 Å². The summed E-state index contributed by atoms with van der Waals surface area (Å²) in [5.41, 5.74) is 5.36. The number of methoxy groups -OCH3 is 1. The number of benzene rings is 3. The van der Waals surface area contributed by atoms with Gasteiger partial charge in [-0.05, 0) is 48.6 Å². The molecule has 0 spiro atoms. The minimum Gasteiger partial charge on any atom is -0.497 e. The predicted molar refractivity (Wildman–Crippen MR) is 122 cm³/mol. The first-order valence-corrected chi connectivity index (χ1v) is 10.5. The van der Waals surface area contributed by atoms with E-state index in [1.165, 1.54) is 5.56 Å². The van der Waals surface area contributed by atoms with Crippen LogP contribution in [0.2, 0.25) is 0 Å². The molecule has 0 amide bonds. The second-order valence-corrected chi connectivity index (χ2v) is 7.79. The molecule has 0 N–H and O–H groups in total. The summed E-state index contributed by atoms with van der Waals surface area (Å²) < 4.78 is 5.30.